The van der Waals surface area contributed by atoms with Crippen molar-refractivity contribution in [2.75, 3.05) is 10.7 Å². The Hall–Kier alpha value is -3.26. The number of esters is 1. The van der Waals surface area contributed by atoms with Gasteiger partial charge in [-0.1, -0.05) is 12.1 Å². The summed E-state index contributed by atoms with van der Waals surface area (Å²) < 4.78 is 31.4. The van der Waals surface area contributed by atoms with E-state index in [2.05, 4.69) is 4.98 Å². The first-order chi connectivity index (χ1) is 14.4. The third-order valence-corrected chi connectivity index (χ3v) is 5.84. The molecule has 8 heteroatoms. The lowest BCUT2D eigenvalue weighted by Crippen LogP contribution is -2.28. The van der Waals surface area contributed by atoms with Crippen LogP contribution < -0.4 is 9.64 Å². The van der Waals surface area contributed by atoms with E-state index >= 15 is 0 Å². The maximum absolute atomic E-state index is 13.3. The molecule has 0 aliphatic carbocycles. The highest BCUT2D eigenvalue weighted by molar-refractivity contribution is 8.00. The molecule has 0 N–H and O–H groups in total. The fraction of sp³-hybridized carbons (Fsp3) is 0.136. The summed E-state index contributed by atoms with van der Waals surface area (Å²) in [5.74, 6) is -1.25. The summed E-state index contributed by atoms with van der Waals surface area (Å²) in [5.41, 5.74) is 2.49. The summed E-state index contributed by atoms with van der Waals surface area (Å²) in [7, 11) is 0. The van der Waals surface area contributed by atoms with Gasteiger partial charge in [0.1, 0.15) is 16.9 Å². The molecule has 0 spiro atoms. The lowest BCUT2D eigenvalue weighted by atomic mass is 10.1. The molecule has 1 aliphatic rings. The van der Waals surface area contributed by atoms with Crippen LogP contribution in [0.5, 0.6) is 5.75 Å². The van der Waals surface area contributed by atoms with Gasteiger partial charge in [-0.15, -0.1) is 11.8 Å². The van der Waals surface area contributed by atoms with Gasteiger partial charge < -0.3 is 4.74 Å². The molecule has 1 aliphatic heterocycles. The molecule has 5 nitrogen and oxygen atoms in total. The van der Waals surface area contributed by atoms with E-state index in [1.165, 1.54) is 30.0 Å². The zero-order chi connectivity index (χ0) is 21.3. The first kappa shape index (κ1) is 20.0. The summed E-state index contributed by atoms with van der Waals surface area (Å²) in [6.07, 6.45) is 1.13. The maximum atomic E-state index is 13.3. The van der Waals surface area contributed by atoms with Gasteiger partial charge in [-0.2, -0.15) is 4.39 Å². The first-order valence-electron chi connectivity index (χ1n) is 9.06. The zero-order valence-electron chi connectivity index (χ0n) is 15.8. The van der Waals surface area contributed by atoms with Crippen molar-refractivity contribution in [1.29, 1.82) is 0 Å². The van der Waals surface area contributed by atoms with Crippen molar-refractivity contribution in [3.8, 4) is 5.75 Å². The Morgan fingerprint density at radius 2 is 1.90 bits per heavy atom. The second-order valence-electron chi connectivity index (χ2n) is 6.69. The van der Waals surface area contributed by atoms with Gasteiger partial charge in [0.05, 0.1) is 17.5 Å². The summed E-state index contributed by atoms with van der Waals surface area (Å²) >= 11 is 1.46. The van der Waals surface area contributed by atoms with Crippen LogP contribution >= 0.6 is 11.8 Å². The number of nitrogens with zero attached hydrogens (tertiary/aromatic N) is 2. The van der Waals surface area contributed by atoms with Crippen molar-refractivity contribution < 1.29 is 23.1 Å². The minimum Gasteiger partial charge on any atom is -0.421 e. The van der Waals surface area contributed by atoms with Gasteiger partial charge in [0.15, 0.2) is 0 Å². The molecule has 2 heterocycles. The number of rotatable bonds is 4. The Balaban J connectivity index is 1.58. The van der Waals surface area contributed by atoms with E-state index in [4.69, 9.17) is 4.74 Å². The molecule has 1 unspecified atom stereocenters. The van der Waals surface area contributed by atoms with Crippen molar-refractivity contribution in [1.82, 2.24) is 4.98 Å². The number of aryl methyl sites for hydroxylation is 1. The quantitative estimate of drug-likeness (QED) is 0.448. The molecule has 30 heavy (non-hydrogen) atoms. The van der Waals surface area contributed by atoms with Gasteiger partial charge in [0.2, 0.25) is 11.9 Å². The minimum atomic E-state index is -0.668. The number of halogens is 2. The van der Waals surface area contributed by atoms with Gasteiger partial charge in [-0.05, 0) is 60.5 Å². The summed E-state index contributed by atoms with van der Waals surface area (Å²) in [6, 6.07) is 13.4. The number of pyridine rings is 1. The van der Waals surface area contributed by atoms with E-state index in [1.54, 1.807) is 42.2 Å². The van der Waals surface area contributed by atoms with Gasteiger partial charge in [-0.25, -0.2) is 14.2 Å². The van der Waals surface area contributed by atoms with E-state index in [9.17, 15) is 18.4 Å². The Morgan fingerprint density at radius 1 is 1.13 bits per heavy atom. The number of amides is 1. The zero-order valence-corrected chi connectivity index (χ0v) is 16.7. The molecule has 2 aromatic carbocycles. The average molecular weight is 426 g/mol. The van der Waals surface area contributed by atoms with Gasteiger partial charge in [0, 0.05) is 5.69 Å². The molecule has 1 atom stereocenters. The van der Waals surface area contributed by atoms with Crippen molar-refractivity contribution in [2.24, 2.45) is 0 Å². The predicted octanol–water partition coefficient (Wildman–Crippen LogP) is 4.67. The highest BCUT2D eigenvalue weighted by Crippen LogP contribution is 2.42. The van der Waals surface area contributed by atoms with Gasteiger partial charge in [0.25, 0.3) is 0 Å². The standard InChI is InChI=1S/C22H16F2N2O3S/c1-13-10-15(22(28)29-17-7-9-19(24)25-11-17)4-8-18(13)26-20(27)12-30-21(26)14-2-5-16(23)6-3-14/h2-11,21H,12H2,1H3. The van der Waals surface area contributed by atoms with Crippen molar-refractivity contribution in [3.63, 3.8) is 0 Å². The average Bonchev–Trinajstić information content (AvgIpc) is 3.11. The molecule has 0 radical (unpaired) electrons. The van der Waals surface area contributed by atoms with Crippen LogP contribution in [-0.4, -0.2) is 22.6 Å². The molecule has 1 aromatic heterocycles. The van der Waals surface area contributed by atoms with Crippen molar-refractivity contribution in [2.45, 2.75) is 12.3 Å². The van der Waals surface area contributed by atoms with E-state index in [0.717, 1.165) is 17.8 Å². The van der Waals surface area contributed by atoms with Crippen LogP contribution in [0.4, 0.5) is 14.5 Å². The van der Waals surface area contributed by atoms with E-state index in [0.29, 0.717) is 22.6 Å². The molecule has 1 amide bonds. The Kier molecular flexibility index (Phi) is 5.50. The number of thioether (sulfide) groups is 1. The van der Waals surface area contributed by atoms with Crippen molar-refractivity contribution in [3.05, 3.63) is 89.2 Å². The topological polar surface area (TPSA) is 59.5 Å². The molecule has 152 valence electrons. The van der Waals surface area contributed by atoms with E-state index in [-0.39, 0.29) is 22.8 Å². The normalized spacial score (nSPS) is 16.0. The highest BCUT2D eigenvalue weighted by Gasteiger charge is 2.35. The second-order valence-corrected chi connectivity index (χ2v) is 7.75. The SMILES string of the molecule is Cc1cc(C(=O)Oc2ccc(F)nc2)ccc1N1C(=O)CSC1c1ccc(F)cc1. The van der Waals surface area contributed by atoms with E-state index < -0.39 is 11.9 Å². The highest BCUT2D eigenvalue weighted by atomic mass is 32.2. The number of aromatic nitrogens is 1. The number of anilines is 1. The lowest BCUT2D eigenvalue weighted by molar-refractivity contribution is -0.115. The maximum Gasteiger partial charge on any atom is 0.343 e. The van der Waals surface area contributed by atoms with Crippen LogP contribution in [0.15, 0.2) is 60.8 Å². The largest absolute Gasteiger partial charge is 0.421 e. The molecule has 1 fully saturated rings. The Morgan fingerprint density at radius 3 is 2.57 bits per heavy atom. The molecule has 0 bridgehead atoms. The first-order valence-corrected chi connectivity index (χ1v) is 10.1. The van der Waals surface area contributed by atoms with Gasteiger partial charge in [-0.3, -0.25) is 9.69 Å². The third kappa shape index (κ3) is 4.04. The molecular weight excluding hydrogens is 410 g/mol. The molecular formula is C22H16F2N2O3S. The lowest BCUT2D eigenvalue weighted by Gasteiger charge is -2.26. The summed E-state index contributed by atoms with van der Waals surface area (Å²) in [4.78, 5) is 30.1. The fourth-order valence-electron chi connectivity index (χ4n) is 3.20. The number of carbonyl (C=O) groups excluding carboxylic acids is 2. The van der Waals surface area contributed by atoms with Crippen LogP contribution in [0.25, 0.3) is 0 Å². The summed E-state index contributed by atoms with van der Waals surface area (Å²) in [6.45, 7) is 1.80. The number of benzene rings is 2. The van der Waals surface area contributed by atoms with Crippen molar-refractivity contribution >= 4 is 29.3 Å². The van der Waals surface area contributed by atoms with Crippen LogP contribution in [-0.2, 0) is 4.79 Å². The molecule has 1 saturated heterocycles. The third-order valence-electron chi connectivity index (χ3n) is 4.63. The monoisotopic (exact) mass is 426 g/mol. The number of hydrogen-bond acceptors (Lipinski definition) is 5. The van der Waals surface area contributed by atoms with Gasteiger partial charge >= 0.3 is 5.97 Å². The number of hydrogen-bond donors (Lipinski definition) is 0. The van der Waals surface area contributed by atoms with Crippen LogP contribution in [0, 0.1) is 18.7 Å². The molecule has 4 rings (SSSR count). The minimum absolute atomic E-state index is 0.0647. The second kappa shape index (κ2) is 8.23. The molecule has 0 saturated carbocycles. The smallest absolute Gasteiger partial charge is 0.343 e. The fourth-order valence-corrected chi connectivity index (χ4v) is 4.37. The summed E-state index contributed by atoms with van der Waals surface area (Å²) in [5, 5.41) is -0.278. The van der Waals surface area contributed by atoms with Crippen LogP contribution in [0.2, 0.25) is 0 Å². The number of ether oxygens (including phenoxy) is 1. The van der Waals surface area contributed by atoms with Crippen LogP contribution in [0.1, 0.15) is 26.9 Å². The predicted molar refractivity (Wildman–Crippen MR) is 109 cm³/mol. The van der Waals surface area contributed by atoms with Crippen LogP contribution in [0.3, 0.4) is 0 Å². The van der Waals surface area contributed by atoms with E-state index in [1.807, 2.05) is 0 Å². The number of carbonyl (C=O) groups is 2. The molecule has 3 aromatic rings. The Bertz CT molecular complexity index is 1100. The Labute approximate surface area is 175 Å².